The minimum atomic E-state index is -3.44. The predicted octanol–water partition coefficient (Wildman–Crippen LogP) is 2.27. The Morgan fingerprint density at radius 1 is 1.23 bits per heavy atom. The largest absolute Gasteiger partial charge is 0.491 e. The van der Waals surface area contributed by atoms with Crippen molar-refractivity contribution in [3.8, 4) is 5.75 Å². The van der Waals surface area contributed by atoms with Crippen LogP contribution in [0.4, 0.5) is 5.69 Å². The number of carbonyl (C=O) groups excluding carboxylic acids is 1. The molecule has 1 aliphatic carbocycles. The van der Waals surface area contributed by atoms with Crippen LogP contribution in [0.5, 0.6) is 5.75 Å². The van der Waals surface area contributed by atoms with Crippen molar-refractivity contribution in [3.63, 3.8) is 0 Å². The summed E-state index contributed by atoms with van der Waals surface area (Å²) in [6.45, 7) is 7.07. The Hall–Kier alpha value is -1.84. The number of likely N-dealkylation sites (N-methyl/N-ethyl adjacent to an activating group) is 1. The average molecular weight is 454 g/mol. The lowest BCUT2D eigenvalue weighted by Gasteiger charge is -2.36. The molecule has 1 aromatic carbocycles. The first-order valence-corrected chi connectivity index (χ1v) is 12.7. The fraction of sp³-hybridized carbons (Fsp3) is 0.682. The summed E-state index contributed by atoms with van der Waals surface area (Å²) in [7, 11) is 0.0119. The number of fused-ring (bicyclic) bond motifs is 1. The summed E-state index contributed by atoms with van der Waals surface area (Å²) in [5.41, 5.74) is 0.778. The van der Waals surface area contributed by atoms with E-state index in [2.05, 4.69) is 23.5 Å². The first kappa shape index (κ1) is 23.8. The van der Waals surface area contributed by atoms with Gasteiger partial charge in [0.1, 0.15) is 12.4 Å². The van der Waals surface area contributed by atoms with Gasteiger partial charge in [-0.15, -0.1) is 0 Å². The highest BCUT2D eigenvalue weighted by molar-refractivity contribution is 7.92. The molecule has 9 heteroatoms. The summed E-state index contributed by atoms with van der Waals surface area (Å²) in [5, 5.41) is 0. The van der Waals surface area contributed by atoms with Gasteiger partial charge in [-0.3, -0.25) is 14.4 Å². The second kappa shape index (κ2) is 9.75. The molecule has 0 bridgehead atoms. The minimum absolute atomic E-state index is 0.0853. The summed E-state index contributed by atoms with van der Waals surface area (Å²) in [4.78, 5) is 17.3. The maximum atomic E-state index is 13.2. The first-order valence-electron chi connectivity index (χ1n) is 10.8. The molecule has 1 amide bonds. The summed E-state index contributed by atoms with van der Waals surface area (Å²) >= 11 is 0. The topological polar surface area (TPSA) is 88.2 Å². The molecule has 3 rings (SSSR count). The second-order valence-corrected chi connectivity index (χ2v) is 10.8. The molecule has 1 fully saturated rings. The van der Waals surface area contributed by atoms with E-state index in [0.29, 0.717) is 30.2 Å². The van der Waals surface area contributed by atoms with Crippen LogP contribution >= 0.6 is 0 Å². The molecule has 1 N–H and O–H groups in total. The van der Waals surface area contributed by atoms with Crippen molar-refractivity contribution in [1.82, 2.24) is 9.80 Å². The quantitative estimate of drug-likeness (QED) is 0.736. The van der Waals surface area contributed by atoms with E-state index < -0.39 is 10.0 Å². The first-order chi connectivity index (χ1) is 14.6. The van der Waals surface area contributed by atoms with Crippen LogP contribution in [-0.2, 0) is 14.8 Å². The number of sulfonamides is 1. The van der Waals surface area contributed by atoms with Gasteiger partial charge < -0.3 is 14.4 Å². The monoisotopic (exact) mass is 453 g/mol. The van der Waals surface area contributed by atoms with Crippen LogP contribution < -0.4 is 9.46 Å². The highest BCUT2D eigenvalue weighted by Gasteiger charge is 2.31. The molecule has 3 atom stereocenters. The van der Waals surface area contributed by atoms with Gasteiger partial charge in [0.25, 0.3) is 5.91 Å². The van der Waals surface area contributed by atoms with E-state index >= 15 is 0 Å². The van der Waals surface area contributed by atoms with Gasteiger partial charge in [0.15, 0.2) is 0 Å². The van der Waals surface area contributed by atoms with Crippen molar-refractivity contribution >= 4 is 21.6 Å². The van der Waals surface area contributed by atoms with Gasteiger partial charge in [-0.1, -0.05) is 6.92 Å². The summed E-state index contributed by atoms with van der Waals surface area (Å²) in [5.74, 6) is 1.19. The van der Waals surface area contributed by atoms with Crippen molar-refractivity contribution in [2.24, 2.45) is 11.8 Å². The van der Waals surface area contributed by atoms with Gasteiger partial charge in [0.05, 0.1) is 23.6 Å². The molecule has 0 aromatic heterocycles. The zero-order valence-electron chi connectivity index (χ0n) is 19.1. The fourth-order valence-electron chi connectivity index (χ4n) is 4.01. The third-order valence-corrected chi connectivity index (χ3v) is 6.68. The van der Waals surface area contributed by atoms with Crippen LogP contribution in [0.2, 0.25) is 0 Å². The van der Waals surface area contributed by atoms with Crippen LogP contribution in [0.1, 0.15) is 37.0 Å². The molecule has 1 aliphatic heterocycles. The number of anilines is 1. The molecule has 1 heterocycles. The molecular formula is C22H35N3O5S. The van der Waals surface area contributed by atoms with Crippen molar-refractivity contribution in [1.29, 1.82) is 0 Å². The van der Waals surface area contributed by atoms with Gasteiger partial charge in [0.2, 0.25) is 10.0 Å². The Morgan fingerprint density at radius 2 is 1.94 bits per heavy atom. The lowest BCUT2D eigenvalue weighted by molar-refractivity contribution is 0.00994. The number of hydrogen-bond acceptors (Lipinski definition) is 6. The van der Waals surface area contributed by atoms with Crippen molar-refractivity contribution in [3.05, 3.63) is 23.8 Å². The van der Waals surface area contributed by atoms with Gasteiger partial charge in [-0.2, -0.15) is 0 Å². The molecule has 174 valence electrons. The Bertz CT molecular complexity index is 887. The number of carbonyl (C=O) groups is 1. The standard InChI is InChI=1S/C22H35N3O5S/c1-15-11-25(12-17-6-7-17)16(2)14-30-20-10-18(23-31(5,27)28)8-9-19(20)22(26)24(3)13-21(15)29-4/h8-10,15-17,21,23H,6-7,11-14H2,1-5H3/t15-,16+,21+/m1/s1. The van der Waals surface area contributed by atoms with Gasteiger partial charge in [-0.05, 0) is 43.7 Å². The van der Waals surface area contributed by atoms with Crippen LogP contribution in [0.15, 0.2) is 18.2 Å². The van der Waals surface area contributed by atoms with Crippen molar-refractivity contribution < 1.29 is 22.7 Å². The second-order valence-electron chi connectivity index (χ2n) is 9.08. The van der Waals surface area contributed by atoms with Gasteiger partial charge in [0, 0.05) is 45.9 Å². The Morgan fingerprint density at radius 3 is 2.55 bits per heavy atom. The number of hydrogen-bond donors (Lipinski definition) is 1. The third-order valence-electron chi connectivity index (χ3n) is 6.07. The van der Waals surface area contributed by atoms with Gasteiger partial charge in [-0.25, -0.2) is 8.42 Å². The van der Waals surface area contributed by atoms with E-state index in [1.54, 1.807) is 37.3 Å². The number of benzene rings is 1. The van der Waals surface area contributed by atoms with E-state index in [1.807, 2.05) is 0 Å². The average Bonchev–Trinajstić information content (AvgIpc) is 3.51. The number of nitrogens with one attached hydrogen (secondary N) is 1. The zero-order valence-corrected chi connectivity index (χ0v) is 19.9. The van der Waals surface area contributed by atoms with Crippen LogP contribution in [-0.4, -0.2) is 82.9 Å². The molecule has 0 spiro atoms. The summed E-state index contributed by atoms with van der Waals surface area (Å²) < 4.78 is 37.6. The van der Waals surface area contributed by atoms with E-state index in [4.69, 9.17) is 9.47 Å². The number of methoxy groups -OCH3 is 1. The summed E-state index contributed by atoms with van der Waals surface area (Å²) in [6, 6.07) is 4.93. The molecule has 1 aromatic rings. The van der Waals surface area contributed by atoms with Crippen molar-refractivity contribution in [2.45, 2.75) is 38.8 Å². The molecule has 2 aliphatic rings. The number of rotatable bonds is 5. The third kappa shape index (κ3) is 6.57. The van der Waals surface area contributed by atoms with E-state index in [1.165, 1.54) is 12.8 Å². The SMILES string of the molecule is CO[C@H]1CN(C)C(=O)c2ccc(NS(C)(=O)=O)cc2OC[C@H](C)N(CC2CC2)C[C@H]1C. The van der Waals surface area contributed by atoms with E-state index in [-0.39, 0.29) is 24.0 Å². The van der Waals surface area contributed by atoms with Crippen LogP contribution in [0.25, 0.3) is 0 Å². The fourth-order valence-corrected chi connectivity index (χ4v) is 4.57. The molecule has 1 saturated carbocycles. The molecule has 0 unspecified atom stereocenters. The normalized spacial score (nSPS) is 26.4. The smallest absolute Gasteiger partial charge is 0.257 e. The number of ether oxygens (including phenoxy) is 2. The highest BCUT2D eigenvalue weighted by Crippen LogP contribution is 2.32. The maximum Gasteiger partial charge on any atom is 0.257 e. The number of amides is 1. The Labute approximate surface area is 185 Å². The zero-order chi connectivity index (χ0) is 22.8. The van der Waals surface area contributed by atoms with Crippen molar-refractivity contribution in [2.75, 3.05) is 51.4 Å². The lowest BCUT2D eigenvalue weighted by Crippen LogP contribution is -2.47. The highest BCUT2D eigenvalue weighted by atomic mass is 32.2. The molecule has 0 radical (unpaired) electrons. The van der Waals surface area contributed by atoms with E-state index in [9.17, 15) is 13.2 Å². The maximum absolute atomic E-state index is 13.2. The van der Waals surface area contributed by atoms with E-state index in [0.717, 1.165) is 25.3 Å². The molecule has 31 heavy (non-hydrogen) atoms. The number of nitrogens with zero attached hydrogens (tertiary/aromatic N) is 2. The van der Waals surface area contributed by atoms with Crippen LogP contribution in [0, 0.1) is 11.8 Å². The molecule has 0 saturated heterocycles. The Balaban J connectivity index is 1.93. The Kier molecular flexibility index (Phi) is 7.49. The predicted molar refractivity (Wildman–Crippen MR) is 121 cm³/mol. The minimum Gasteiger partial charge on any atom is -0.491 e. The lowest BCUT2D eigenvalue weighted by atomic mass is 10.0. The molecule has 8 nitrogen and oxygen atoms in total. The molecular weight excluding hydrogens is 418 g/mol. The summed E-state index contributed by atoms with van der Waals surface area (Å²) in [6.07, 6.45) is 3.55. The van der Waals surface area contributed by atoms with Crippen LogP contribution in [0.3, 0.4) is 0 Å². The van der Waals surface area contributed by atoms with Gasteiger partial charge >= 0.3 is 0 Å².